The van der Waals surface area contributed by atoms with Crippen molar-refractivity contribution in [3.05, 3.63) is 130 Å². The third kappa shape index (κ3) is 6.09. The lowest BCUT2D eigenvalue weighted by molar-refractivity contribution is -0.139. The highest BCUT2D eigenvalue weighted by molar-refractivity contribution is 7.99. The van der Waals surface area contributed by atoms with Crippen molar-refractivity contribution in [3.63, 3.8) is 0 Å². The van der Waals surface area contributed by atoms with Crippen molar-refractivity contribution < 1.29 is 26.3 Å². The SMILES string of the molecule is FC(F)(F)c1cccc(Sc2cccc(C(F)(F)F)c2Cc2ccccc2)c1Cc1ccccc1. The van der Waals surface area contributed by atoms with Gasteiger partial charge in [0.05, 0.1) is 11.1 Å². The molecule has 4 aromatic carbocycles. The van der Waals surface area contributed by atoms with Crippen LogP contribution in [-0.2, 0) is 25.2 Å². The van der Waals surface area contributed by atoms with Crippen LogP contribution in [0, 0.1) is 0 Å². The molecular formula is C28H20F6S. The van der Waals surface area contributed by atoms with Gasteiger partial charge >= 0.3 is 12.4 Å². The summed E-state index contributed by atoms with van der Waals surface area (Å²) in [5.41, 5.74) is -0.136. The van der Waals surface area contributed by atoms with E-state index in [9.17, 15) is 26.3 Å². The Balaban J connectivity index is 1.83. The van der Waals surface area contributed by atoms with E-state index in [2.05, 4.69) is 0 Å². The second kappa shape index (κ2) is 10.2. The molecule has 0 aromatic heterocycles. The van der Waals surface area contributed by atoms with E-state index in [1.807, 2.05) is 0 Å². The number of benzene rings is 4. The summed E-state index contributed by atoms with van der Waals surface area (Å²) in [6, 6.07) is 25.1. The van der Waals surface area contributed by atoms with Gasteiger partial charge in [0.1, 0.15) is 0 Å². The van der Waals surface area contributed by atoms with Gasteiger partial charge in [-0.1, -0.05) is 84.6 Å². The van der Waals surface area contributed by atoms with Gasteiger partial charge in [0, 0.05) is 9.79 Å². The van der Waals surface area contributed by atoms with Crippen LogP contribution in [0.2, 0.25) is 0 Å². The van der Waals surface area contributed by atoms with Gasteiger partial charge < -0.3 is 0 Å². The van der Waals surface area contributed by atoms with Crippen molar-refractivity contribution in [2.75, 3.05) is 0 Å². The average molecular weight is 503 g/mol. The lowest BCUT2D eigenvalue weighted by Crippen LogP contribution is -2.12. The zero-order valence-electron chi connectivity index (χ0n) is 18.3. The highest BCUT2D eigenvalue weighted by Crippen LogP contribution is 2.43. The first-order chi connectivity index (χ1) is 16.6. The number of rotatable bonds is 6. The summed E-state index contributed by atoms with van der Waals surface area (Å²) >= 11 is 0.940. The van der Waals surface area contributed by atoms with Gasteiger partial charge in [0.25, 0.3) is 0 Å². The molecule has 0 aliphatic carbocycles. The molecule has 0 saturated heterocycles. The Morgan fingerprint density at radius 2 is 0.829 bits per heavy atom. The van der Waals surface area contributed by atoms with Crippen LogP contribution in [0.15, 0.2) is 107 Å². The van der Waals surface area contributed by atoms with Crippen LogP contribution in [0.3, 0.4) is 0 Å². The van der Waals surface area contributed by atoms with Crippen LogP contribution >= 0.6 is 11.8 Å². The van der Waals surface area contributed by atoms with Crippen LogP contribution in [0.4, 0.5) is 26.3 Å². The second-order valence-electron chi connectivity index (χ2n) is 7.99. The highest BCUT2D eigenvalue weighted by atomic mass is 32.2. The minimum absolute atomic E-state index is 0.00579. The molecule has 0 amide bonds. The molecule has 0 aliphatic rings. The second-order valence-corrected chi connectivity index (χ2v) is 9.07. The summed E-state index contributed by atoms with van der Waals surface area (Å²) < 4.78 is 83.4. The van der Waals surface area contributed by atoms with Crippen molar-refractivity contribution in [2.45, 2.75) is 35.0 Å². The van der Waals surface area contributed by atoms with E-state index in [4.69, 9.17) is 0 Å². The fraction of sp³-hybridized carbons (Fsp3) is 0.143. The lowest BCUT2D eigenvalue weighted by atomic mass is 9.99. The summed E-state index contributed by atoms with van der Waals surface area (Å²) in [5, 5.41) is 0. The molecule has 7 heteroatoms. The average Bonchev–Trinajstić information content (AvgIpc) is 2.81. The molecule has 0 heterocycles. The molecule has 180 valence electrons. The molecule has 0 spiro atoms. The van der Waals surface area contributed by atoms with E-state index in [-0.39, 0.29) is 33.8 Å². The van der Waals surface area contributed by atoms with E-state index < -0.39 is 23.5 Å². The van der Waals surface area contributed by atoms with Gasteiger partial charge in [-0.3, -0.25) is 0 Å². The normalized spacial score (nSPS) is 12.1. The van der Waals surface area contributed by atoms with E-state index in [1.54, 1.807) is 60.7 Å². The Hall–Kier alpha value is -3.19. The molecule has 0 atom stereocenters. The number of hydrogen-bond acceptors (Lipinski definition) is 1. The maximum Gasteiger partial charge on any atom is 0.416 e. The van der Waals surface area contributed by atoms with Gasteiger partial charge in [0.15, 0.2) is 0 Å². The highest BCUT2D eigenvalue weighted by Gasteiger charge is 2.36. The first-order valence-electron chi connectivity index (χ1n) is 10.8. The first-order valence-corrected chi connectivity index (χ1v) is 11.6. The minimum Gasteiger partial charge on any atom is -0.166 e. The van der Waals surface area contributed by atoms with Crippen molar-refractivity contribution in [3.8, 4) is 0 Å². The van der Waals surface area contributed by atoms with Crippen molar-refractivity contribution in [1.29, 1.82) is 0 Å². The molecule has 0 radical (unpaired) electrons. The van der Waals surface area contributed by atoms with Crippen LogP contribution in [0.25, 0.3) is 0 Å². The Bertz CT molecular complexity index is 1180. The predicted octanol–water partition coefficient (Wildman–Crippen LogP) is 9.06. The molecule has 0 saturated carbocycles. The van der Waals surface area contributed by atoms with E-state index >= 15 is 0 Å². The minimum atomic E-state index is -4.60. The summed E-state index contributed by atoms with van der Waals surface area (Å²) in [5.74, 6) is 0. The van der Waals surface area contributed by atoms with Gasteiger partial charge in [-0.05, 0) is 59.4 Å². The number of hydrogen-bond donors (Lipinski definition) is 0. The first kappa shape index (κ1) is 24.9. The Kier molecular flexibility index (Phi) is 7.26. The van der Waals surface area contributed by atoms with Crippen molar-refractivity contribution in [2.24, 2.45) is 0 Å². The monoisotopic (exact) mass is 502 g/mol. The van der Waals surface area contributed by atoms with Gasteiger partial charge in [-0.25, -0.2) is 0 Å². The van der Waals surface area contributed by atoms with E-state index in [0.29, 0.717) is 11.1 Å². The van der Waals surface area contributed by atoms with Crippen LogP contribution in [-0.4, -0.2) is 0 Å². The Morgan fingerprint density at radius 1 is 0.457 bits per heavy atom. The summed E-state index contributed by atoms with van der Waals surface area (Å²) in [6.07, 6.45) is -9.18. The molecule has 4 aromatic rings. The standard InChI is InChI=1S/C28H20F6S/c29-27(30,31)23-13-7-15-25(21(23)17-19-9-3-1-4-10-19)35-26-16-8-14-24(28(32,33)34)22(26)18-20-11-5-2-6-12-20/h1-16H,17-18H2. The fourth-order valence-corrected chi connectivity index (χ4v) is 5.08. The summed E-state index contributed by atoms with van der Waals surface area (Å²) in [4.78, 5) is 0.551. The topological polar surface area (TPSA) is 0 Å². The van der Waals surface area contributed by atoms with Crippen LogP contribution < -0.4 is 0 Å². The zero-order chi connectivity index (χ0) is 25.1. The molecule has 0 fully saturated rings. The van der Waals surface area contributed by atoms with Crippen LogP contribution in [0.5, 0.6) is 0 Å². The largest absolute Gasteiger partial charge is 0.416 e. The van der Waals surface area contributed by atoms with Gasteiger partial charge in [-0.15, -0.1) is 0 Å². The summed E-state index contributed by atoms with van der Waals surface area (Å²) in [7, 11) is 0. The van der Waals surface area contributed by atoms with Crippen molar-refractivity contribution in [1.82, 2.24) is 0 Å². The predicted molar refractivity (Wildman–Crippen MR) is 126 cm³/mol. The molecule has 4 rings (SSSR count). The van der Waals surface area contributed by atoms with Gasteiger partial charge in [-0.2, -0.15) is 26.3 Å². The van der Waals surface area contributed by atoms with E-state index in [0.717, 1.165) is 23.9 Å². The third-order valence-electron chi connectivity index (χ3n) is 5.54. The van der Waals surface area contributed by atoms with E-state index in [1.165, 1.54) is 24.3 Å². The maximum atomic E-state index is 13.9. The number of halogens is 6. The van der Waals surface area contributed by atoms with Crippen LogP contribution in [0.1, 0.15) is 33.4 Å². The zero-order valence-corrected chi connectivity index (χ0v) is 19.1. The fourth-order valence-electron chi connectivity index (χ4n) is 3.94. The summed E-state index contributed by atoms with van der Waals surface area (Å²) in [6.45, 7) is 0. The smallest absolute Gasteiger partial charge is 0.166 e. The molecule has 0 nitrogen and oxygen atoms in total. The molecule has 35 heavy (non-hydrogen) atoms. The molecule has 0 bridgehead atoms. The molecular weight excluding hydrogens is 482 g/mol. The molecule has 0 unspecified atom stereocenters. The van der Waals surface area contributed by atoms with Gasteiger partial charge in [0.2, 0.25) is 0 Å². The Morgan fingerprint density at radius 3 is 1.17 bits per heavy atom. The number of alkyl halides is 6. The molecule has 0 N–H and O–H groups in total. The quantitative estimate of drug-likeness (QED) is 0.237. The van der Waals surface area contributed by atoms with Crippen molar-refractivity contribution >= 4 is 11.8 Å². The molecule has 0 aliphatic heterocycles. The Labute approximate surface area is 203 Å². The lowest BCUT2D eigenvalue weighted by Gasteiger charge is -2.20. The maximum absolute atomic E-state index is 13.9. The third-order valence-corrected chi connectivity index (χ3v) is 6.75.